The van der Waals surface area contributed by atoms with Crippen LogP contribution in [-0.4, -0.2) is 29.0 Å². The zero-order valence-corrected chi connectivity index (χ0v) is 6.03. The monoisotopic (exact) mass is 145 g/mol. The van der Waals surface area contributed by atoms with E-state index in [9.17, 15) is 0 Å². The summed E-state index contributed by atoms with van der Waals surface area (Å²) < 4.78 is 0. The van der Waals surface area contributed by atoms with Crippen molar-refractivity contribution in [3.05, 3.63) is 0 Å². The topological polar surface area (TPSA) is 66.5 Å². The van der Waals surface area contributed by atoms with Crippen molar-refractivity contribution in [2.75, 3.05) is 6.54 Å². The minimum atomic E-state index is -0.336. The minimum Gasteiger partial charge on any atom is -0.393 e. The summed E-state index contributed by atoms with van der Waals surface area (Å²) in [6.07, 6.45) is 1.37. The van der Waals surface area contributed by atoms with Gasteiger partial charge in [-0.1, -0.05) is 0 Å². The Hall–Kier alpha value is -0.120. The smallest absolute Gasteiger partial charge is 0.0568 e. The first-order valence-corrected chi connectivity index (χ1v) is 3.78. The fourth-order valence-electron chi connectivity index (χ4n) is 1.56. The Morgan fingerprint density at radius 2 is 1.60 bits per heavy atom. The molecular formula is C7H15NO2. The number of aliphatic hydroxyl groups excluding tert-OH is 2. The summed E-state index contributed by atoms with van der Waals surface area (Å²) in [5, 5.41) is 18.3. The molecule has 2 atom stereocenters. The Morgan fingerprint density at radius 1 is 1.10 bits per heavy atom. The van der Waals surface area contributed by atoms with Crippen molar-refractivity contribution in [1.29, 1.82) is 0 Å². The average Bonchev–Trinajstić information content (AvgIpc) is 1.85. The molecule has 0 saturated heterocycles. The number of hydrogen-bond donors (Lipinski definition) is 3. The van der Waals surface area contributed by atoms with Crippen LogP contribution in [0.1, 0.15) is 19.3 Å². The van der Waals surface area contributed by atoms with Gasteiger partial charge >= 0.3 is 0 Å². The Bertz CT molecular complexity index is 97.8. The van der Waals surface area contributed by atoms with Crippen molar-refractivity contribution in [3.8, 4) is 0 Å². The number of hydrogen-bond acceptors (Lipinski definition) is 3. The van der Waals surface area contributed by atoms with Crippen LogP contribution in [0.3, 0.4) is 0 Å². The molecule has 1 rings (SSSR count). The van der Waals surface area contributed by atoms with Gasteiger partial charge in [0.15, 0.2) is 0 Å². The molecule has 3 nitrogen and oxygen atoms in total. The lowest BCUT2D eigenvalue weighted by Crippen LogP contribution is -2.33. The molecule has 4 N–H and O–H groups in total. The standard InChI is InChI=1S/C7H15NO2/c8-4-5-1-6(9)3-7(10)2-5/h5-7,9-10H,1-4,8H2. The molecule has 1 saturated carbocycles. The summed E-state index contributed by atoms with van der Waals surface area (Å²) in [5.74, 6) is 0.318. The molecule has 1 fully saturated rings. The van der Waals surface area contributed by atoms with Crippen molar-refractivity contribution in [1.82, 2.24) is 0 Å². The van der Waals surface area contributed by atoms with Gasteiger partial charge in [0.05, 0.1) is 12.2 Å². The highest BCUT2D eigenvalue weighted by Gasteiger charge is 2.24. The third kappa shape index (κ3) is 1.94. The predicted molar refractivity (Wildman–Crippen MR) is 38.4 cm³/mol. The largest absolute Gasteiger partial charge is 0.393 e. The van der Waals surface area contributed by atoms with Gasteiger partial charge in [-0.05, 0) is 31.7 Å². The number of aliphatic hydroxyl groups is 2. The molecule has 1 aliphatic carbocycles. The van der Waals surface area contributed by atoms with Crippen molar-refractivity contribution in [2.24, 2.45) is 11.7 Å². The predicted octanol–water partition coefficient (Wildman–Crippen LogP) is -0.533. The van der Waals surface area contributed by atoms with E-state index in [0.29, 0.717) is 18.9 Å². The summed E-state index contributed by atoms with van der Waals surface area (Å²) >= 11 is 0. The van der Waals surface area contributed by atoms with Gasteiger partial charge in [0.2, 0.25) is 0 Å². The van der Waals surface area contributed by atoms with Gasteiger partial charge < -0.3 is 15.9 Å². The normalized spacial score (nSPS) is 41.7. The fourth-order valence-corrected chi connectivity index (χ4v) is 1.56. The van der Waals surface area contributed by atoms with Gasteiger partial charge in [0.1, 0.15) is 0 Å². The van der Waals surface area contributed by atoms with Crippen LogP contribution >= 0.6 is 0 Å². The second-order valence-electron chi connectivity index (χ2n) is 3.12. The van der Waals surface area contributed by atoms with E-state index >= 15 is 0 Å². The Morgan fingerprint density at radius 3 is 2.00 bits per heavy atom. The number of nitrogens with two attached hydrogens (primary N) is 1. The minimum absolute atomic E-state index is 0.318. The van der Waals surface area contributed by atoms with Gasteiger partial charge in [-0.15, -0.1) is 0 Å². The number of rotatable bonds is 1. The van der Waals surface area contributed by atoms with E-state index in [2.05, 4.69) is 0 Å². The first-order valence-electron chi connectivity index (χ1n) is 3.78. The molecule has 0 aromatic rings. The molecule has 0 spiro atoms. The summed E-state index contributed by atoms with van der Waals surface area (Å²) in [4.78, 5) is 0. The van der Waals surface area contributed by atoms with Gasteiger partial charge in [0.25, 0.3) is 0 Å². The lowest BCUT2D eigenvalue weighted by molar-refractivity contribution is 0.0163. The van der Waals surface area contributed by atoms with Crippen LogP contribution in [0.25, 0.3) is 0 Å². The SMILES string of the molecule is NCC1CC(O)CC(O)C1. The van der Waals surface area contributed by atoms with Crippen LogP contribution in [0.5, 0.6) is 0 Å². The maximum absolute atomic E-state index is 9.17. The molecule has 3 heteroatoms. The lowest BCUT2D eigenvalue weighted by atomic mass is 9.85. The average molecular weight is 145 g/mol. The van der Waals surface area contributed by atoms with Crippen molar-refractivity contribution < 1.29 is 10.2 Å². The van der Waals surface area contributed by atoms with Gasteiger partial charge in [-0.3, -0.25) is 0 Å². The third-order valence-electron chi connectivity index (χ3n) is 2.09. The highest BCUT2D eigenvalue weighted by molar-refractivity contribution is 4.78. The van der Waals surface area contributed by atoms with Gasteiger partial charge in [0, 0.05) is 0 Å². The maximum atomic E-state index is 9.17. The van der Waals surface area contributed by atoms with Crippen LogP contribution in [-0.2, 0) is 0 Å². The summed E-state index contributed by atoms with van der Waals surface area (Å²) in [5.41, 5.74) is 5.41. The van der Waals surface area contributed by atoms with Crippen molar-refractivity contribution in [3.63, 3.8) is 0 Å². The molecule has 0 radical (unpaired) electrons. The third-order valence-corrected chi connectivity index (χ3v) is 2.09. The van der Waals surface area contributed by atoms with Crippen molar-refractivity contribution >= 4 is 0 Å². The summed E-state index contributed by atoms with van der Waals surface area (Å²) in [6.45, 7) is 0.577. The van der Waals surface area contributed by atoms with Crippen molar-refractivity contribution in [2.45, 2.75) is 31.5 Å². The molecule has 60 valence electrons. The maximum Gasteiger partial charge on any atom is 0.0568 e. The Balaban J connectivity index is 2.35. The van der Waals surface area contributed by atoms with Crippen LogP contribution in [0.4, 0.5) is 0 Å². The highest BCUT2D eigenvalue weighted by atomic mass is 16.3. The second kappa shape index (κ2) is 3.32. The van der Waals surface area contributed by atoms with Crippen LogP contribution in [0, 0.1) is 5.92 Å². The first kappa shape index (κ1) is 7.98. The zero-order chi connectivity index (χ0) is 7.56. The first-order chi connectivity index (χ1) is 4.72. The van der Waals surface area contributed by atoms with E-state index in [4.69, 9.17) is 15.9 Å². The highest BCUT2D eigenvalue weighted by Crippen LogP contribution is 2.23. The Kier molecular flexibility index (Phi) is 2.65. The van der Waals surface area contributed by atoms with E-state index in [1.54, 1.807) is 0 Å². The molecule has 1 aliphatic rings. The Labute approximate surface area is 60.9 Å². The molecular weight excluding hydrogens is 130 g/mol. The molecule has 0 aromatic heterocycles. The lowest BCUT2D eigenvalue weighted by Gasteiger charge is -2.28. The molecule has 0 bridgehead atoms. The van der Waals surface area contributed by atoms with E-state index in [1.165, 1.54) is 0 Å². The molecule has 0 heterocycles. The molecule has 0 aromatic carbocycles. The molecule has 10 heavy (non-hydrogen) atoms. The van der Waals surface area contributed by atoms with Gasteiger partial charge in [-0.25, -0.2) is 0 Å². The summed E-state index contributed by atoms with van der Waals surface area (Å²) in [7, 11) is 0. The molecule has 0 aliphatic heterocycles. The molecule has 2 unspecified atom stereocenters. The van der Waals surface area contributed by atoms with E-state index in [-0.39, 0.29) is 12.2 Å². The van der Waals surface area contributed by atoms with Crippen LogP contribution < -0.4 is 5.73 Å². The summed E-state index contributed by atoms with van der Waals surface area (Å²) in [6, 6.07) is 0. The zero-order valence-electron chi connectivity index (χ0n) is 6.03. The van der Waals surface area contributed by atoms with Crippen LogP contribution in [0.15, 0.2) is 0 Å². The molecule has 0 amide bonds. The fraction of sp³-hybridized carbons (Fsp3) is 1.00. The quantitative estimate of drug-likeness (QED) is 0.464. The van der Waals surface area contributed by atoms with E-state index in [1.807, 2.05) is 0 Å². The van der Waals surface area contributed by atoms with E-state index < -0.39 is 0 Å². The van der Waals surface area contributed by atoms with Crippen LogP contribution in [0.2, 0.25) is 0 Å². The van der Waals surface area contributed by atoms with E-state index in [0.717, 1.165) is 12.8 Å². The second-order valence-corrected chi connectivity index (χ2v) is 3.12. The van der Waals surface area contributed by atoms with Gasteiger partial charge in [-0.2, -0.15) is 0 Å².